The largest absolute Gasteiger partial charge is 0.416 e. The van der Waals surface area contributed by atoms with Gasteiger partial charge in [-0.05, 0) is 6.42 Å². The summed E-state index contributed by atoms with van der Waals surface area (Å²) in [5.41, 5.74) is 0. The zero-order valence-corrected chi connectivity index (χ0v) is 8.50. The van der Waals surface area contributed by atoms with Crippen LogP contribution in [0.15, 0.2) is 9.22 Å². The van der Waals surface area contributed by atoms with Crippen molar-refractivity contribution in [3.8, 4) is 0 Å². The summed E-state index contributed by atoms with van der Waals surface area (Å²) in [7, 11) is 0. The quantitative estimate of drug-likeness (QED) is 0.730. The fraction of sp³-hybridized carbons (Fsp3) is 0.714. The highest BCUT2D eigenvalue weighted by molar-refractivity contribution is 9.10. The summed E-state index contributed by atoms with van der Waals surface area (Å²) in [6.45, 7) is 3.50. The van der Waals surface area contributed by atoms with Gasteiger partial charge in [0.1, 0.15) is 0 Å². The Morgan fingerprint density at radius 1 is 1.42 bits per heavy atom. The molecule has 1 aromatic rings. The van der Waals surface area contributed by atoms with E-state index < -0.39 is 0 Å². The highest BCUT2D eigenvalue weighted by Crippen LogP contribution is 2.06. The molecule has 0 saturated carbocycles. The molecule has 12 heavy (non-hydrogen) atoms. The van der Waals surface area contributed by atoms with Crippen LogP contribution in [-0.2, 0) is 11.2 Å². The molecule has 0 N–H and O–H groups in total. The Bertz CT molecular complexity index is 227. The first-order valence-corrected chi connectivity index (χ1v) is 4.68. The number of aromatic nitrogens is 2. The molecule has 0 aliphatic rings. The Morgan fingerprint density at radius 2 is 2.25 bits per heavy atom. The topological polar surface area (TPSA) is 48.2 Å². The second-order valence-electron chi connectivity index (χ2n) is 2.31. The lowest BCUT2D eigenvalue weighted by molar-refractivity contribution is 0.133. The highest BCUT2D eigenvalue weighted by atomic mass is 79.9. The van der Waals surface area contributed by atoms with Gasteiger partial charge in [0.05, 0.1) is 6.61 Å². The molecule has 0 aromatic carbocycles. The van der Waals surface area contributed by atoms with E-state index in [1.807, 2.05) is 0 Å². The molecular weight excluding hydrogens is 224 g/mol. The molecule has 0 saturated heterocycles. The maximum Gasteiger partial charge on any atom is 0.284 e. The first-order chi connectivity index (χ1) is 5.83. The predicted molar refractivity (Wildman–Crippen MR) is 46.8 cm³/mol. The van der Waals surface area contributed by atoms with E-state index in [0.717, 1.165) is 13.0 Å². The third-order valence-corrected chi connectivity index (χ3v) is 1.57. The summed E-state index contributed by atoms with van der Waals surface area (Å²) in [6.07, 6.45) is 1.71. The van der Waals surface area contributed by atoms with Gasteiger partial charge in [0.2, 0.25) is 5.89 Å². The Kier molecular flexibility index (Phi) is 4.24. The number of ether oxygens (including phenoxy) is 1. The van der Waals surface area contributed by atoms with Gasteiger partial charge in [0.25, 0.3) is 4.80 Å². The van der Waals surface area contributed by atoms with E-state index in [1.165, 1.54) is 0 Å². The molecule has 4 nitrogen and oxygen atoms in total. The van der Waals surface area contributed by atoms with Crippen molar-refractivity contribution in [2.45, 2.75) is 19.8 Å². The maximum atomic E-state index is 5.25. The van der Waals surface area contributed by atoms with Crippen molar-refractivity contribution in [1.82, 2.24) is 10.2 Å². The second kappa shape index (κ2) is 5.27. The molecule has 0 radical (unpaired) electrons. The fourth-order valence-electron chi connectivity index (χ4n) is 0.740. The number of nitrogens with zero attached hydrogens (tertiary/aromatic N) is 2. The summed E-state index contributed by atoms with van der Waals surface area (Å²) >= 11 is 3.07. The van der Waals surface area contributed by atoms with Crippen LogP contribution >= 0.6 is 15.9 Å². The van der Waals surface area contributed by atoms with Crippen molar-refractivity contribution in [2.75, 3.05) is 13.2 Å². The molecule has 5 heteroatoms. The van der Waals surface area contributed by atoms with E-state index in [-0.39, 0.29) is 0 Å². The zero-order chi connectivity index (χ0) is 8.81. The molecule has 0 amide bonds. The molecule has 0 unspecified atom stereocenters. The minimum Gasteiger partial charge on any atom is -0.416 e. The Hall–Kier alpha value is -0.420. The van der Waals surface area contributed by atoms with Crippen molar-refractivity contribution < 1.29 is 9.15 Å². The SMILES string of the molecule is CCCOCCc1nnc(Br)o1. The van der Waals surface area contributed by atoms with Crippen molar-refractivity contribution in [1.29, 1.82) is 0 Å². The zero-order valence-electron chi connectivity index (χ0n) is 6.92. The van der Waals surface area contributed by atoms with Gasteiger partial charge in [-0.2, -0.15) is 0 Å². The van der Waals surface area contributed by atoms with Crippen molar-refractivity contribution in [3.63, 3.8) is 0 Å². The first kappa shape index (κ1) is 9.67. The summed E-state index contributed by atoms with van der Waals surface area (Å²) < 4.78 is 10.3. The normalized spacial score (nSPS) is 10.5. The summed E-state index contributed by atoms with van der Waals surface area (Å²) in [5, 5.41) is 7.43. The van der Waals surface area contributed by atoms with Crippen molar-refractivity contribution >= 4 is 15.9 Å². The number of rotatable bonds is 5. The number of halogens is 1. The Morgan fingerprint density at radius 3 is 2.83 bits per heavy atom. The minimum absolute atomic E-state index is 0.424. The van der Waals surface area contributed by atoms with Crippen LogP contribution in [0.4, 0.5) is 0 Å². The highest BCUT2D eigenvalue weighted by Gasteiger charge is 2.01. The molecule has 0 aliphatic carbocycles. The second-order valence-corrected chi connectivity index (χ2v) is 2.99. The van der Waals surface area contributed by atoms with Crippen molar-refractivity contribution in [3.05, 3.63) is 10.7 Å². The lowest BCUT2D eigenvalue weighted by Crippen LogP contribution is -1.99. The molecule has 1 aromatic heterocycles. The molecule has 0 atom stereocenters. The predicted octanol–water partition coefficient (Wildman–Crippen LogP) is 1.80. The van der Waals surface area contributed by atoms with E-state index >= 15 is 0 Å². The fourth-order valence-corrected chi connectivity index (χ4v) is 1.01. The van der Waals surface area contributed by atoms with Gasteiger partial charge >= 0.3 is 0 Å². The van der Waals surface area contributed by atoms with Crippen LogP contribution in [0.3, 0.4) is 0 Å². The maximum absolute atomic E-state index is 5.25. The molecule has 68 valence electrons. The van der Waals surface area contributed by atoms with E-state index in [1.54, 1.807) is 0 Å². The van der Waals surface area contributed by atoms with E-state index in [9.17, 15) is 0 Å². The third-order valence-electron chi connectivity index (χ3n) is 1.25. The van der Waals surface area contributed by atoms with E-state index in [2.05, 4.69) is 33.1 Å². The Balaban J connectivity index is 2.15. The van der Waals surface area contributed by atoms with E-state index in [0.29, 0.717) is 23.7 Å². The average molecular weight is 235 g/mol. The standard InChI is InChI=1S/C7H11BrN2O2/c1-2-4-11-5-3-6-9-10-7(8)12-6/h2-5H2,1H3. The van der Waals surface area contributed by atoms with E-state index in [4.69, 9.17) is 9.15 Å². The molecule has 0 spiro atoms. The summed E-state index contributed by atoms with van der Waals surface area (Å²) in [4.78, 5) is 0.424. The number of hydrogen-bond donors (Lipinski definition) is 0. The van der Waals surface area contributed by atoms with Crippen LogP contribution in [0.2, 0.25) is 0 Å². The lowest BCUT2D eigenvalue weighted by atomic mass is 10.4. The van der Waals surface area contributed by atoms with Crippen LogP contribution in [-0.4, -0.2) is 23.4 Å². The molecule has 1 rings (SSSR count). The molecule has 0 fully saturated rings. The molecule has 0 aliphatic heterocycles. The van der Waals surface area contributed by atoms with Crippen LogP contribution < -0.4 is 0 Å². The van der Waals surface area contributed by atoms with Gasteiger partial charge in [-0.15, -0.1) is 10.2 Å². The molecule has 0 bridgehead atoms. The first-order valence-electron chi connectivity index (χ1n) is 3.88. The minimum atomic E-state index is 0.424. The Labute approximate surface area is 79.4 Å². The van der Waals surface area contributed by atoms with Gasteiger partial charge in [-0.3, -0.25) is 0 Å². The average Bonchev–Trinajstić information content (AvgIpc) is 2.45. The van der Waals surface area contributed by atoms with Gasteiger partial charge < -0.3 is 9.15 Å². The van der Waals surface area contributed by atoms with Crippen LogP contribution in [0, 0.1) is 0 Å². The number of hydrogen-bond acceptors (Lipinski definition) is 4. The molecular formula is C7H11BrN2O2. The van der Waals surface area contributed by atoms with Crippen LogP contribution in [0.1, 0.15) is 19.2 Å². The summed E-state index contributed by atoms with van der Waals surface area (Å²) in [6, 6.07) is 0. The lowest BCUT2D eigenvalue weighted by Gasteiger charge is -1.97. The monoisotopic (exact) mass is 234 g/mol. The van der Waals surface area contributed by atoms with Crippen molar-refractivity contribution in [2.24, 2.45) is 0 Å². The van der Waals surface area contributed by atoms with Crippen LogP contribution in [0.25, 0.3) is 0 Å². The van der Waals surface area contributed by atoms with Gasteiger partial charge in [0, 0.05) is 29.0 Å². The summed E-state index contributed by atoms with van der Waals surface area (Å²) in [5.74, 6) is 0.609. The molecule has 1 heterocycles. The third kappa shape index (κ3) is 3.32. The van der Waals surface area contributed by atoms with Crippen LogP contribution in [0.5, 0.6) is 0 Å². The van der Waals surface area contributed by atoms with Gasteiger partial charge in [-0.1, -0.05) is 6.92 Å². The smallest absolute Gasteiger partial charge is 0.284 e. The van der Waals surface area contributed by atoms with Gasteiger partial charge in [-0.25, -0.2) is 0 Å². The van der Waals surface area contributed by atoms with Gasteiger partial charge in [0.15, 0.2) is 0 Å².